The maximum atomic E-state index is 13.6. The van der Waals surface area contributed by atoms with Gasteiger partial charge in [0.25, 0.3) is 5.91 Å². The van der Waals surface area contributed by atoms with E-state index in [2.05, 4.69) is 20.8 Å². The van der Waals surface area contributed by atoms with Crippen molar-refractivity contribution in [3.8, 4) is 6.07 Å². The minimum atomic E-state index is -0.776. The second-order valence-electron chi connectivity index (χ2n) is 5.14. The molecule has 8 heteroatoms. The van der Waals surface area contributed by atoms with Crippen LogP contribution in [-0.4, -0.2) is 16.1 Å². The highest BCUT2D eigenvalue weighted by atomic mass is 19.1. The Morgan fingerprint density at radius 3 is 2.35 bits per heavy atom. The summed E-state index contributed by atoms with van der Waals surface area (Å²) >= 11 is 0. The summed E-state index contributed by atoms with van der Waals surface area (Å²) in [6, 6.07) is 14.6. The molecule has 6 nitrogen and oxygen atoms in total. The molecule has 3 aromatic rings. The van der Waals surface area contributed by atoms with Crippen molar-refractivity contribution >= 4 is 23.1 Å². The summed E-state index contributed by atoms with van der Waals surface area (Å²) in [4.78, 5) is 12.2. The van der Waals surface area contributed by atoms with Crippen molar-refractivity contribution in [2.24, 2.45) is 0 Å². The van der Waals surface area contributed by atoms with Gasteiger partial charge in [-0.1, -0.05) is 18.2 Å². The predicted molar refractivity (Wildman–Crippen MR) is 90.8 cm³/mol. The van der Waals surface area contributed by atoms with Gasteiger partial charge in [0.1, 0.15) is 23.4 Å². The minimum Gasteiger partial charge on any atom is -0.334 e. The van der Waals surface area contributed by atoms with Crippen LogP contribution in [0.2, 0.25) is 0 Å². The molecule has 1 amide bonds. The van der Waals surface area contributed by atoms with Gasteiger partial charge in [0, 0.05) is 0 Å². The summed E-state index contributed by atoms with van der Waals surface area (Å²) in [6.45, 7) is 0. The van der Waals surface area contributed by atoms with Crippen LogP contribution in [0.15, 0.2) is 54.6 Å². The number of anilines is 3. The van der Waals surface area contributed by atoms with E-state index in [0.717, 1.165) is 12.1 Å². The number of hydrogen-bond donors (Lipinski definition) is 2. The number of carbonyl (C=O) groups excluding carboxylic acids is 1. The van der Waals surface area contributed by atoms with Crippen LogP contribution in [0.1, 0.15) is 16.1 Å². The average Bonchev–Trinajstić information content (AvgIpc) is 2.66. The van der Waals surface area contributed by atoms with Gasteiger partial charge in [0.05, 0.1) is 11.3 Å². The van der Waals surface area contributed by atoms with Crippen LogP contribution in [0, 0.1) is 23.0 Å². The van der Waals surface area contributed by atoms with E-state index in [9.17, 15) is 13.6 Å². The highest BCUT2D eigenvalue weighted by Crippen LogP contribution is 2.21. The van der Waals surface area contributed by atoms with Crippen LogP contribution in [0.4, 0.5) is 26.0 Å². The number of benzene rings is 2. The molecule has 0 saturated heterocycles. The average molecular weight is 351 g/mol. The van der Waals surface area contributed by atoms with Crippen molar-refractivity contribution in [2.75, 3.05) is 10.6 Å². The molecule has 0 aliphatic carbocycles. The third kappa shape index (κ3) is 3.62. The fraction of sp³-hybridized carbons (Fsp3) is 0. The Balaban J connectivity index is 1.75. The molecule has 3 rings (SSSR count). The van der Waals surface area contributed by atoms with Crippen molar-refractivity contribution in [1.29, 1.82) is 5.26 Å². The van der Waals surface area contributed by atoms with E-state index < -0.39 is 17.5 Å². The SMILES string of the molecule is N#Cc1ccccc1NC(=O)c1ccc(Nc2c(F)cccc2F)nn1. The number of carbonyl (C=O) groups is 1. The first-order valence-electron chi connectivity index (χ1n) is 7.43. The fourth-order valence-corrected chi connectivity index (χ4v) is 2.14. The van der Waals surface area contributed by atoms with Gasteiger partial charge >= 0.3 is 0 Å². The van der Waals surface area contributed by atoms with Crippen molar-refractivity contribution in [2.45, 2.75) is 0 Å². The molecule has 0 aliphatic heterocycles. The zero-order valence-corrected chi connectivity index (χ0v) is 13.2. The Labute approximate surface area is 147 Å². The van der Waals surface area contributed by atoms with E-state index in [1.54, 1.807) is 24.3 Å². The molecule has 2 aromatic carbocycles. The molecule has 0 radical (unpaired) electrons. The quantitative estimate of drug-likeness (QED) is 0.749. The molecule has 0 atom stereocenters. The molecule has 1 heterocycles. The summed E-state index contributed by atoms with van der Waals surface area (Å²) in [7, 11) is 0. The van der Waals surface area contributed by atoms with Crippen LogP contribution in [0.25, 0.3) is 0 Å². The summed E-state index contributed by atoms with van der Waals surface area (Å²) in [5, 5.41) is 21.5. The van der Waals surface area contributed by atoms with Crippen molar-refractivity contribution < 1.29 is 13.6 Å². The maximum absolute atomic E-state index is 13.6. The lowest BCUT2D eigenvalue weighted by Gasteiger charge is -2.08. The number of rotatable bonds is 4. The zero-order chi connectivity index (χ0) is 18.5. The van der Waals surface area contributed by atoms with Gasteiger partial charge in [-0.05, 0) is 36.4 Å². The van der Waals surface area contributed by atoms with E-state index in [4.69, 9.17) is 5.26 Å². The second kappa shape index (κ2) is 7.36. The Bertz CT molecular complexity index is 979. The molecule has 128 valence electrons. The van der Waals surface area contributed by atoms with Gasteiger partial charge in [-0.15, -0.1) is 10.2 Å². The third-order valence-corrected chi connectivity index (χ3v) is 3.41. The molecule has 2 N–H and O–H groups in total. The molecule has 26 heavy (non-hydrogen) atoms. The number of amides is 1. The molecule has 0 saturated carbocycles. The Morgan fingerprint density at radius 1 is 0.962 bits per heavy atom. The van der Waals surface area contributed by atoms with Gasteiger partial charge in [0.15, 0.2) is 11.5 Å². The second-order valence-corrected chi connectivity index (χ2v) is 5.14. The van der Waals surface area contributed by atoms with E-state index in [1.807, 2.05) is 6.07 Å². The smallest absolute Gasteiger partial charge is 0.276 e. The zero-order valence-electron chi connectivity index (χ0n) is 13.2. The predicted octanol–water partition coefficient (Wildman–Crippen LogP) is 3.62. The summed E-state index contributed by atoms with van der Waals surface area (Å²) < 4.78 is 27.2. The molecule has 0 aliphatic rings. The first-order valence-corrected chi connectivity index (χ1v) is 7.43. The molecular weight excluding hydrogens is 340 g/mol. The topological polar surface area (TPSA) is 90.7 Å². The number of nitrogens with zero attached hydrogens (tertiary/aromatic N) is 3. The summed E-state index contributed by atoms with van der Waals surface area (Å²) in [5.74, 6) is -2.05. The molecule has 0 fully saturated rings. The first-order chi connectivity index (χ1) is 12.6. The van der Waals surface area contributed by atoms with Crippen LogP contribution in [-0.2, 0) is 0 Å². The van der Waals surface area contributed by atoms with Crippen LogP contribution >= 0.6 is 0 Å². The highest BCUT2D eigenvalue weighted by Gasteiger charge is 2.13. The number of halogens is 2. The van der Waals surface area contributed by atoms with Crippen LogP contribution in [0.3, 0.4) is 0 Å². The number of nitriles is 1. The summed E-state index contributed by atoms with van der Waals surface area (Å²) in [6.07, 6.45) is 0. The van der Waals surface area contributed by atoms with E-state index >= 15 is 0 Å². The monoisotopic (exact) mass is 351 g/mol. The Morgan fingerprint density at radius 2 is 1.69 bits per heavy atom. The van der Waals surface area contributed by atoms with Crippen LogP contribution < -0.4 is 10.6 Å². The lowest BCUT2D eigenvalue weighted by molar-refractivity contribution is 0.102. The summed E-state index contributed by atoms with van der Waals surface area (Å²) in [5.41, 5.74) is 0.277. The Hall–Kier alpha value is -3.86. The van der Waals surface area contributed by atoms with Crippen molar-refractivity contribution in [1.82, 2.24) is 10.2 Å². The molecule has 1 aromatic heterocycles. The van der Waals surface area contributed by atoms with E-state index in [1.165, 1.54) is 18.2 Å². The van der Waals surface area contributed by atoms with Crippen molar-refractivity contribution in [3.05, 3.63) is 77.5 Å². The fourth-order valence-electron chi connectivity index (χ4n) is 2.14. The largest absolute Gasteiger partial charge is 0.334 e. The first kappa shape index (κ1) is 17.0. The highest BCUT2D eigenvalue weighted by molar-refractivity contribution is 6.03. The van der Waals surface area contributed by atoms with Gasteiger partial charge in [-0.25, -0.2) is 8.78 Å². The van der Waals surface area contributed by atoms with Crippen LogP contribution in [0.5, 0.6) is 0 Å². The lowest BCUT2D eigenvalue weighted by Crippen LogP contribution is -2.15. The third-order valence-electron chi connectivity index (χ3n) is 3.41. The van der Waals surface area contributed by atoms with Gasteiger partial charge < -0.3 is 10.6 Å². The molecule has 0 unspecified atom stereocenters. The number of para-hydroxylation sites is 2. The molecular formula is C18H11F2N5O. The number of nitrogens with one attached hydrogen (secondary N) is 2. The number of aromatic nitrogens is 2. The molecule has 0 bridgehead atoms. The van der Waals surface area contributed by atoms with Gasteiger partial charge in [-0.3, -0.25) is 4.79 Å². The maximum Gasteiger partial charge on any atom is 0.276 e. The van der Waals surface area contributed by atoms with Crippen molar-refractivity contribution in [3.63, 3.8) is 0 Å². The molecule has 0 spiro atoms. The minimum absolute atomic E-state index is 0.0164. The van der Waals surface area contributed by atoms with Gasteiger partial charge in [0.2, 0.25) is 0 Å². The van der Waals surface area contributed by atoms with E-state index in [0.29, 0.717) is 11.3 Å². The number of hydrogen-bond acceptors (Lipinski definition) is 5. The lowest BCUT2D eigenvalue weighted by atomic mass is 10.2. The Kier molecular flexibility index (Phi) is 4.80. The van der Waals surface area contributed by atoms with Gasteiger partial charge in [-0.2, -0.15) is 5.26 Å². The normalized spacial score (nSPS) is 10.0. The standard InChI is InChI=1S/C18H11F2N5O/c19-12-5-3-6-13(20)17(12)23-16-9-8-15(24-25-16)18(26)22-14-7-2-1-4-11(14)10-21/h1-9H,(H,22,26)(H,23,25). The van der Waals surface area contributed by atoms with E-state index in [-0.39, 0.29) is 17.2 Å².